The highest BCUT2D eigenvalue weighted by atomic mass is 127. The molecule has 1 aliphatic heterocycles. The molecule has 2 aromatic carbocycles. The summed E-state index contributed by atoms with van der Waals surface area (Å²) < 4.78 is 7.17. The molecular formula is C17H18INO. The van der Waals surface area contributed by atoms with Gasteiger partial charge in [0.2, 0.25) is 0 Å². The van der Waals surface area contributed by atoms with Crippen molar-refractivity contribution in [2.75, 3.05) is 6.61 Å². The first-order valence-electron chi connectivity index (χ1n) is 6.94. The fourth-order valence-corrected chi connectivity index (χ4v) is 3.11. The third-order valence-electron chi connectivity index (χ3n) is 3.86. The first-order chi connectivity index (χ1) is 9.74. The van der Waals surface area contributed by atoms with Crippen LogP contribution in [0.2, 0.25) is 0 Å². The molecule has 0 aliphatic carbocycles. The van der Waals surface area contributed by atoms with Crippen LogP contribution in [0.15, 0.2) is 48.5 Å². The highest BCUT2D eigenvalue weighted by Gasteiger charge is 2.23. The number of halogens is 1. The van der Waals surface area contributed by atoms with E-state index in [1.165, 1.54) is 20.3 Å². The predicted octanol–water partition coefficient (Wildman–Crippen LogP) is 4.00. The van der Waals surface area contributed by atoms with Crippen molar-refractivity contribution in [3.63, 3.8) is 0 Å². The highest BCUT2D eigenvalue weighted by Crippen LogP contribution is 2.33. The Morgan fingerprint density at radius 2 is 1.90 bits per heavy atom. The van der Waals surface area contributed by atoms with Gasteiger partial charge in [-0.25, -0.2) is 0 Å². The summed E-state index contributed by atoms with van der Waals surface area (Å²) in [6.07, 6.45) is 1.96. The summed E-state index contributed by atoms with van der Waals surface area (Å²) in [6, 6.07) is 17.0. The molecule has 0 saturated carbocycles. The molecule has 3 rings (SSSR count). The average molecular weight is 379 g/mol. The quantitative estimate of drug-likeness (QED) is 0.819. The number of rotatable bonds is 3. The van der Waals surface area contributed by atoms with Crippen molar-refractivity contribution in [1.29, 1.82) is 0 Å². The first kappa shape index (κ1) is 14.0. The zero-order valence-electron chi connectivity index (χ0n) is 11.3. The first-order valence-corrected chi connectivity index (χ1v) is 8.02. The lowest BCUT2D eigenvalue weighted by Crippen LogP contribution is -2.21. The van der Waals surface area contributed by atoms with E-state index in [1.807, 2.05) is 0 Å². The molecule has 3 heteroatoms. The van der Waals surface area contributed by atoms with Gasteiger partial charge < -0.3 is 10.5 Å². The summed E-state index contributed by atoms with van der Waals surface area (Å²) in [4.78, 5) is 0. The summed E-state index contributed by atoms with van der Waals surface area (Å²) >= 11 is 2.31. The molecule has 0 fully saturated rings. The summed E-state index contributed by atoms with van der Waals surface area (Å²) in [5.41, 5.74) is 10.2. The highest BCUT2D eigenvalue weighted by molar-refractivity contribution is 14.1. The Morgan fingerprint density at radius 3 is 2.70 bits per heavy atom. The Hall–Kier alpha value is -0.910. The van der Waals surface area contributed by atoms with E-state index in [1.54, 1.807) is 0 Å². The van der Waals surface area contributed by atoms with Crippen molar-refractivity contribution in [2.45, 2.75) is 25.0 Å². The molecule has 2 N–H and O–H groups in total. The molecule has 0 spiro atoms. The van der Waals surface area contributed by atoms with Crippen LogP contribution in [-0.4, -0.2) is 6.61 Å². The summed E-state index contributed by atoms with van der Waals surface area (Å²) in [6.45, 7) is 0.793. The lowest BCUT2D eigenvalue weighted by atomic mass is 9.92. The van der Waals surface area contributed by atoms with E-state index in [0.29, 0.717) is 0 Å². The van der Waals surface area contributed by atoms with Gasteiger partial charge >= 0.3 is 0 Å². The van der Waals surface area contributed by atoms with Gasteiger partial charge in [0.05, 0.1) is 12.7 Å². The van der Waals surface area contributed by atoms with E-state index in [4.69, 9.17) is 10.5 Å². The molecular weight excluding hydrogens is 361 g/mol. The summed E-state index contributed by atoms with van der Waals surface area (Å²) in [7, 11) is 0. The van der Waals surface area contributed by atoms with E-state index < -0.39 is 0 Å². The monoisotopic (exact) mass is 379 g/mol. The minimum absolute atomic E-state index is 0.0168. The molecule has 1 aliphatic rings. The fourth-order valence-electron chi connectivity index (χ4n) is 2.75. The van der Waals surface area contributed by atoms with Crippen LogP contribution < -0.4 is 5.73 Å². The van der Waals surface area contributed by atoms with Crippen molar-refractivity contribution in [1.82, 2.24) is 0 Å². The van der Waals surface area contributed by atoms with E-state index in [9.17, 15) is 0 Å². The third kappa shape index (κ3) is 3.05. The van der Waals surface area contributed by atoms with Gasteiger partial charge in [-0.1, -0.05) is 36.4 Å². The molecule has 0 amide bonds. The number of hydrogen-bond donors (Lipinski definition) is 1. The molecule has 0 saturated heterocycles. The zero-order chi connectivity index (χ0) is 13.9. The van der Waals surface area contributed by atoms with Crippen LogP contribution in [0.4, 0.5) is 0 Å². The summed E-state index contributed by atoms with van der Waals surface area (Å²) in [5.74, 6) is 0. The van der Waals surface area contributed by atoms with E-state index in [-0.39, 0.29) is 12.1 Å². The lowest BCUT2D eigenvalue weighted by molar-refractivity contribution is 0.0320. The molecule has 0 bridgehead atoms. The fraction of sp³-hybridized carbons (Fsp3) is 0.294. The van der Waals surface area contributed by atoms with Crippen LogP contribution in [0.25, 0.3) is 0 Å². The van der Waals surface area contributed by atoms with Crippen LogP contribution in [0.3, 0.4) is 0 Å². The Morgan fingerprint density at radius 1 is 1.15 bits per heavy atom. The number of nitrogens with two attached hydrogens (primary N) is 1. The van der Waals surface area contributed by atoms with E-state index in [0.717, 1.165) is 19.4 Å². The molecule has 2 nitrogen and oxygen atoms in total. The molecule has 1 heterocycles. The second-order valence-electron chi connectivity index (χ2n) is 5.20. The number of ether oxygens (including phenoxy) is 1. The third-order valence-corrected chi connectivity index (χ3v) is 4.58. The topological polar surface area (TPSA) is 35.2 Å². The van der Waals surface area contributed by atoms with Crippen LogP contribution >= 0.6 is 22.6 Å². The van der Waals surface area contributed by atoms with E-state index >= 15 is 0 Å². The Bertz CT molecular complexity index is 582. The second kappa shape index (κ2) is 6.24. The van der Waals surface area contributed by atoms with Crippen LogP contribution in [-0.2, 0) is 11.2 Å². The van der Waals surface area contributed by atoms with Crippen molar-refractivity contribution in [2.24, 2.45) is 5.73 Å². The van der Waals surface area contributed by atoms with Gasteiger partial charge in [0.1, 0.15) is 0 Å². The second-order valence-corrected chi connectivity index (χ2v) is 6.45. The zero-order valence-corrected chi connectivity index (χ0v) is 13.4. The van der Waals surface area contributed by atoms with Gasteiger partial charge in [-0.3, -0.25) is 0 Å². The molecule has 0 aromatic heterocycles. The van der Waals surface area contributed by atoms with Crippen molar-refractivity contribution < 1.29 is 4.74 Å². The lowest BCUT2D eigenvalue weighted by Gasteiger charge is -2.28. The summed E-state index contributed by atoms with van der Waals surface area (Å²) in [5, 5.41) is 0. The number of fused-ring (bicyclic) bond motifs is 1. The van der Waals surface area contributed by atoms with Crippen molar-refractivity contribution in [3.05, 3.63) is 68.8 Å². The van der Waals surface area contributed by atoms with Crippen LogP contribution in [0, 0.1) is 3.57 Å². The Labute approximate surface area is 133 Å². The standard InChI is InChI=1S/C17H18INO/c18-14-7-5-13(6-8-14)16(19)11-17-15-4-2-1-3-12(15)9-10-20-17/h1-8,16-17H,9-11,19H2. The number of benzene rings is 2. The normalized spacial score (nSPS) is 19.4. The molecule has 2 atom stereocenters. The number of hydrogen-bond acceptors (Lipinski definition) is 2. The largest absolute Gasteiger partial charge is 0.373 e. The predicted molar refractivity (Wildman–Crippen MR) is 89.5 cm³/mol. The average Bonchev–Trinajstić information content (AvgIpc) is 2.48. The molecule has 2 aromatic rings. The SMILES string of the molecule is NC(CC1OCCc2ccccc21)c1ccc(I)cc1. The minimum atomic E-state index is 0.0168. The van der Waals surface area contributed by atoms with Crippen LogP contribution in [0.5, 0.6) is 0 Å². The van der Waals surface area contributed by atoms with Gasteiger partial charge in [0.25, 0.3) is 0 Å². The molecule has 104 valence electrons. The van der Waals surface area contributed by atoms with Gasteiger partial charge in [0.15, 0.2) is 0 Å². The Balaban J connectivity index is 1.77. The maximum atomic E-state index is 6.35. The van der Waals surface area contributed by atoms with Crippen molar-refractivity contribution in [3.8, 4) is 0 Å². The van der Waals surface area contributed by atoms with Gasteiger partial charge in [0, 0.05) is 9.61 Å². The molecule has 20 heavy (non-hydrogen) atoms. The molecule has 2 unspecified atom stereocenters. The maximum Gasteiger partial charge on any atom is 0.0845 e. The van der Waals surface area contributed by atoms with Crippen LogP contribution in [0.1, 0.15) is 35.3 Å². The maximum absolute atomic E-state index is 6.35. The van der Waals surface area contributed by atoms with Gasteiger partial charge in [-0.05, 0) is 64.3 Å². The van der Waals surface area contributed by atoms with E-state index in [2.05, 4.69) is 71.1 Å². The van der Waals surface area contributed by atoms with Crippen molar-refractivity contribution >= 4 is 22.6 Å². The smallest absolute Gasteiger partial charge is 0.0845 e. The van der Waals surface area contributed by atoms with Gasteiger partial charge in [-0.2, -0.15) is 0 Å². The Kier molecular flexibility index (Phi) is 4.38. The minimum Gasteiger partial charge on any atom is -0.373 e. The molecule has 0 radical (unpaired) electrons. The van der Waals surface area contributed by atoms with Gasteiger partial charge in [-0.15, -0.1) is 0 Å².